The molecule has 0 fully saturated rings. The van der Waals surface area contributed by atoms with Crippen LogP contribution < -0.4 is 4.74 Å². The normalized spacial score (nSPS) is 8.45. The van der Waals surface area contributed by atoms with Gasteiger partial charge >= 0.3 is 0 Å². The molecule has 0 heterocycles. The summed E-state index contributed by atoms with van der Waals surface area (Å²) >= 11 is 0. The van der Waals surface area contributed by atoms with Gasteiger partial charge in [-0.1, -0.05) is 18.2 Å². The molecule has 1 N–H and O–H groups in total. The molecule has 2 nitrogen and oxygen atoms in total. The summed E-state index contributed by atoms with van der Waals surface area (Å²) in [6.07, 6.45) is 0. The molecule has 3 heteroatoms. The third kappa shape index (κ3) is 4.12. The van der Waals surface area contributed by atoms with E-state index in [4.69, 9.17) is 9.84 Å². The van der Waals surface area contributed by atoms with Gasteiger partial charge < -0.3 is 9.84 Å². The molecule has 0 amide bonds. The summed E-state index contributed by atoms with van der Waals surface area (Å²) < 4.78 is 5.11. The van der Waals surface area contributed by atoms with Crippen molar-refractivity contribution in [3.05, 3.63) is 30.3 Å². The Labute approximate surface area is 79.0 Å². The topological polar surface area (TPSA) is 29.5 Å². The Morgan fingerprint density at radius 2 is 1.82 bits per heavy atom. The molecule has 0 spiro atoms. The predicted molar refractivity (Wildman–Crippen MR) is 39.0 cm³/mol. The monoisotopic (exact) mass is 202 g/mol. The van der Waals surface area contributed by atoms with Crippen molar-refractivity contribution >= 4 is 0 Å². The van der Waals surface area contributed by atoms with E-state index in [2.05, 4.69) is 0 Å². The molecule has 0 aliphatic heterocycles. The minimum absolute atomic E-state index is 0. The average molecular weight is 204 g/mol. The van der Waals surface area contributed by atoms with Gasteiger partial charge in [-0.3, -0.25) is 0 Å². The van der Waals surface area contributed by atoms with Gasteiger partial charge in [0.2, 0.25) is 0 Å². The molecule has 1 aromatic rings. The summed E-state index contributed by atoms with van der Waals surface area (Å²) in [4.78, 5) is 0. The van der Waals surface area contributed by atoms with E-state index in [-0.39, 0.29) is 26.1 Å². The second-order valence-corrected chi connectivity index (χ2v) is 1.89. The number of ether oxygens (including phenoxy) is 1. The maximum absolute atomic E-state index is 8.40. The molecule has 1 rings (SSSR count). The van der Waals surface area contributed by atoms with E-state index in [0.717, 1.165) is 5.75 Å². The molecule has 1 aromatic carbocycles. The molecule has 0 aromatic heterocycles. The van der Waals surface area contributed by atoms with Gasteiger partial charge in [0, 0.05) is 19.5 Å². The van der Waals surface area contributed by atoms with Gasteiger partial charge in [0.15, 0.2) is 0 Å². The molecule has 11 heavy (non-hydrogen) atoms. The fraction of sp³-hybridized carbons (Fsp3) is 0.250. The molecule has 0 atom stereocenters. The van der Waals surface area contributed by atoms with Crippen molar-refractivity contribution in [2.75, 3.05) is 13.2 Å². The van der Waals surface area contributed by atoms with Crippen molar-refractivity contribution in [2.24, 2.45) is 0 Å². The number of aliphatic hydroxyl groups excluding tert-OH is 1. The van der Waals surface area contributed by atoms with Crippen LogP contribution in [-0.2, 0) is 19.5 Å². The zero-order valence-electron chi connectivity index (χ0n) is 6.36. The summed E-state index contributed by atoms with van der Waals surface area (Å²) in [6.45, 7) is 0.429. The van der Waals surface area contributed by atoms with Crippen LogP contribution in [0.2, 0.25) is 0 Å². The summed E-state index contributed by atoms with van der Waals surface area (Å²) in [6, 6.07) is 9.43. The van der Waals surface area contributed by atoms with E-state index in [9.17, 15) is 0 Å². The second-order valence-electron chi connectivity index (χ2n) is 1.89. The summed E-state index contributed by atoms with van der Waals surface area (Å²) in [7, 11) is 0. The van der Waals surface area contributed by atoms with Gasteiger partial charge in [-0.15, -0.1) is 0 Å². The fourth-order valence-corrected chi connectivity index (χ4v) is 0.680. The molecule has 0 saturated heterocycles. The third-order valence-corrected chi connectivity index (χ3v) is 1.10. The van der Waals surface area contributed by atoms with E-state index in [1.807, 2.05) is 30.3 Å². The van der Waals surface area contributed by atoms with E-state index in [0.29, 0.717) is 6.61 Å². The number of rotatable bonds is 3. The first-order valence-electron chi connectivity index (χ1n) is 3.22. The number of hydrogen-bond donors (Lipinski definition) is 1. The van der Waals surface area contributed by atoms with Crippen LogP contribution in [0.25, 0.3) is 0 Å². The Morgan fingerprint density at radius 3 is 2.36 bits per heavy atom. The predicted octanol–water partition coefficient (Wildman–Crippen LogP) is 1.06. The van der Waals surface area contributed by atoms with Gasteiger partial charge in [-0.05, 0) is 12.1 Å². The molecule has 0 radical (unpaired) electrons. The van der Waals surface area contributed by atoms with Crippen LogP contribution >= 0.6 is 0 Å². The second kappa shape index (κ2) is 6.32. The Hall–Kier alpha value is -0.397. The number of aliphatic hydroxyl groups is 1. The van der Waals surface area contributed by atoms with E-state index in [1.165, 1.54) is 0 Å². The fourth-order valence-electron chi connectivity index (χ4n) is 0.680. The van der Waals surface area contributed by atoms with Crippen LogP contribution in [-0.4, -0.2) is 18.3 Å². The summed E-state index contributed by atoms with van der Waals surface area (Å²) in [5, 5.41) is 8.40. The molecular formula is C8H10O2Zn. The van der Waals surface area contributed by atoms with Crippen molar-refractivity contribution in [1.82, 2.24) is 0 Å². The third-order valence-electron chi connectivity index (χ3n) is 1.10. The molecular weight excluding hydrogens is 193 g/mol. The van der Waals surface area contributed by atoms with E-state index < -0.39 is 0 Å². The van der Waals surface area contributed by atoms with Crippen LogP contribution in [0.15, 0.2) is 30.3 Å². The largest absolute Gasteiger partial charge is 0.491 e. The molecule has 0 saturated carbocycles. The van der Waals surface area contributed by atoms with Crippen LogP contribution in [0.4, 0.5) is 0 Å². The number of hydrogen-bond acceptors (Lipinski definition) is 2. The van der Waals surface area contributed by atoms with Gasteiger partial charge in [0.25, 0.3) is 0 Å². The SMILES string of the molecule is OCCOc1ccccc1.[Zn]. The van der Waals surface area contributed by atoms with Crippen molar-refractivity contribution in [2.45, 2.75) is 0 Å². The molecule has 56 valence electrons. The first-order valence-corrected chi connectivity index (χ1v) is 3.22. The Balaban J connectivity index is 0.000001000. The van der Waals surface area contributed by atoms with E-state index >= 15 is 0 Å². The maximum Gasteiger partial charge on any atom is 0.119 e. The van der Waals surface area contributed by atoms with Crippen LogP contribution in [0.1, 0.15) is 0 Å². The van der Waals surface area contributed by atoms with Crippen LogP contribution in [0, 0.1) is 0 Å². The minimum atomic E-state index is 0. The molecule has 0 aliphatic rings. The van der Waals surface area contributed by atoms with Crippen LogP contribution in [0.5, 0.6) is 5.75 Å². The van der Waals surface area contributed by atoms with Crippen molar-refractivity contribution in [3.8, 4) is 5.75 Å². The minimum Gasteiger partial charge on any atom is -0.491 e. The Bertz CT molecular complexity index is 177. The van der Waals surface area contributed by atoms with Gasteiger partial charge in [-0.25, -0.2) is 0 Å². The molecule has 0 unspecified atom stereocenters. The van der Waals surface area contributed by atoms with Crippen molar-refractivity contribution < 1.29 is 29.3 Å². The number of para-hydroxylation sites is 1. The van der Waals surface area contributed by atoms with Gasteiger partial charge in [0.1, 0.15) is 12.4 Å². The smallest absolute Gasteiger partial charge is 0.119 e. The summed E-state index contributed by atoms with van der Waals surface area (Å²) in [5.41, 5.74) is 0. The number of benzene rings is 1. The van der Waals surface area contributed by atoms with Gasteiger partial charge in [-0.2, -0.15) is 0 Å². The quantitative estimate of drug-likeness (QED) is 0.745. The zero-order valence-corrected chi connectivity index (χ0v) is 9.33. The van der Waals surface area contributed by atoms with Crippen LogP contribution in [0.3, 0.4) is 0 Å². The standard InChI is InChI=1S/C8H10O2.Zn/c9-6-7-10-8-4-2-1-3-5-8;/h1-5,9H,6-7H2;. The van der Waals surface area contributed by atoms with E-state index in [1.54, 1.807) is 0 Å². The Kier molecular flexibility index (Phi) is 6.09. The Morgan fingerprint density at radius 1 is 1.18 bits per heavy atom. The zero-order chi connectivity index (χ0) is 7.23. The maximum atomic E-state index is 8.40. The first-order chi connectivity index (χ1) is 4.93. The van der Waals surface area contributed by atoms with Crippen molar-refractivity contribution in [3.63, 3.8) is 0 Å². The average Bonchev–Trinajstić information content (AvgIpc) is 2.03. The first kappa shape index (κ1) is 10.6. The molecule has 0 bridgehead atoms. The van der Waals surface area contributed by atoms with Gasteiger partial charge in [0.05, 0.1) is 6.61 Å². The summed E-state index contributed by atoms with van der Waals surface area (Å²) in [5.74, 6) is 0.802. The molecule has 0 aliphatic carbocycles. The van der Waals surface area contributed by atoms with Crippen molar-refractivity contribution in [1.29, 1.82) is 0 Å².